The molecule has 0 aromatic heterocycles. The van der Waals surface area contributed by atoms with E-state index in [4.69, 9.17) is 11.6 Å². The van der Waals surface area contributed by atoms with Gasteiger partial charge in [-0.15, -0.1) is 18.2 Å². The number of halogens is 1. The standard InChI is InChI=1S/C10H18ClN/c1-5-10(11)7-6-8(2)9(3)12-4/h5-6,9-10,12H,1,7H2,2-4H3/b8-6+/t9-,10?/m0/s1. The SMILES string of the molecule is C=CC(Cl)C/C=C(\C)[C@H](C)NC. The van der Waals surface area contributed by atoms with Gasteiger partial charge < -0.3 is 5.32 Å². The summed E-state index contributed by atoms with van der Waals surface area (Å²) in [7, 11) is 1.95. The lowest BCUT2D eigenvalue weighted by Gasteiger charge is -2.10. The third-order valence-corrected chi connectivity index (χ3v) is 2.39. The minimum absolute atomic E-state index is 0.0593. The smallest absolute Gasteiger partial charge is 0.0547 e. The number of allylic oxidation sites excluding steroid dienone is 2. The highest BCUT2D eigenvalue weighted by atomic mass is 35.5. The van der Waals surface area contributed by atoms with E-state index in [-0.39, 0.29) is 5.38 Å². The van der Waals surface area contributed by atoms with E-state index in [1.54, 1.807) is 6.08 Å². The highest BCUT2D eigenvalue weighted by Crippen LogP contribution is 2.08. The van der Waals surface area contributed by atoms with Crippen LogP contribution >= 0.6 is 11.6 Å². The van der Waals surface area contributed by atoms with Gasteiger partial charge in [-0.1, -0.05) is 17.7 Å². The normalized spacial score (nSPS) is 17.2. The minimum atomic E-state index is 0.0593. The molecule has 0 bridgehead atoms. The van der Waals surface area contributed by atoms with Gasteiger partial charge in [0.15, 0.2) is 0 Å². The van der Waals surface area contributed by atoms with Gasteiger partial charge in [-0.2, -0.15) is 0 Å². The maximum absolute atomic E-state index is 5.87. The largest absolute Gasteiger partial charge is 0.314 e. The summed E-state index contributed by atoms with van der Waals surface area (Å²) in [5, 5.41) is 3.23. The molecule has 0 aliphatic heterocycles. The average molecular weight is 188 g/mol. The van der Waals surface area contributed by atoms with E-state index in [0.717, 1.165) is 6.42 Å². The second-order valence-electron chi connectivity index (χ2n) is 2.95. The number of rotatable bonds is 5. The van der Waals surface area contributed by atoms with Crippen molar-refractivity contribution in [1.29, 1.82) is 0 Å². The third-order valence-electron chi connectivity index (χ3n) is 2.04. The molecule has 70 valence electrons. The molecule has 0 aromatic carbocycles. The molecule has 0 aromatic rings. The van der Waals surface area contributed by atoms with Crippen LogP contribution in [0.15, 0.2) is 24.3 Å². The van der Waals surface area contributed by atoms with E-state index in [2.05, 4.69) is 31.8 Å². The van der Waals surface area contributed by atoms with Crippen molar-refractivity contribution in [2.24, 2.45) is 0 Å². The Bertz CT molecular complexity index is 163. The number of hydrogen-bond donors (Lipinski definition) is 1. The first-order valence-electron chi connectivity index (χ1n) is 4.22. The molecule has 0 saturated heterocycles. The van der Waals surface area contributed by atoms with E-state index < -0.39 is 0 Å². The van der Waals surface area contributed by atoms with Crippen LogP contribution in [0, 0.1) is 0 Å². The highest BCUT2D eigenvalue weighted by Gasteiger charge is 2.00. The topological polar surface area (TPSA) is 12.0 Å². The van der Waals surface area contributed by atoms with Crippen molar-refractivity contribution in [2.45, 2.75) is 31.7 Å². The zero-order valence-corrected chi connectivity index (χ0v) is 8.86. The summed E-state index contributed by atoms with van der Waals surface area (Å²) >= 11 is 5.87. The molecule has 0 aliphatic carbocycles. The predicted octanol–water partition coefficient (Wildman–Crippen LogP) is 2.72. The Morgan fingerprint density at radius 2 is 2.25 bits per heavy atom. The number of alkyl halides is 1. The van der Waals surface area contributed by atoms with Crippen molar-refractivity contribution in [3.05, 3.63) is 24.3 Å². The first-order valence-corrected chi connectivity index (χ1v) is 4.66. The first kappa shape index (κ1) is 11.7. The number of nitrogens with one attached hydrogen (secondary N) is 1. The van der Waals surface area contributed by atoms with Crippen LogP contribution in [0.5, 0.6) is 0 Å². The molecule has 0 radical (unpaired) electrons. The van der Waals surface area contributed by atoms with E-state index in [0.29, 0.717) is 6.04 Å². The van der Waals surface area contributed by atoms with Gasteiger partial charge in [0.05, 0.1) is 5.38 Å². The highest BCUT2D eigenvalue weighted by molar-refractivity contribution is 6.21. The molecule has 0 amide bonds. The summed E-state index contributed by atoms with van der Waals surface area (Å²) < 4.78 is 0. The van der Waals surface area contributed by atoms with Gasteiger partial charge in [0.25, 0.3) is 0 Å². The lowest BCUT2D eigenvalue weighted by atomic mass is 10.1. The molecule has 0 aliphatic rings. The second-order valence-corrected chi connectivity index (χ2v) is 3.51. The summed E-state index contributed by atoms with van der Waals surface area (Å²) in [6, 6.07) is 0.429. The first-order chi connectivity index (χ1) is 5.61. The Morgan fingerprint density at radius 1 is 1.67 bits per heavy atom. The van der Waals surface area contributed by atoms with Crippen LogP contribution in [-0.2, 0) is 0 Å². The van der Waals surface area contributed by atoms with Gasteiger partial charge in [-0.3, -0.25) is 0 Å². The van der Waals surface area contributed by atoms with Gasteiger partial charge >= 0.3 is 0 Å². The lowest BCUT2D eigenvalue weighted by molar-refractivity contribution is 0.688. The zero-order chi connectivity index (χ0) is 9.56. The van der Waals surface area contributed by atoms with Gasteiger partial charge in [-0.25, -0.2) is 0 Å². The van der Waals surface area contributed by atoms with Crippen LogP contribution in [-0.4, -0.2) is 18.5 Å². The Morgan fingerprint density at radius 3 is 2.67 bits per heavy atom. The second kappa shape index (κ2) is 6.27. The van der Waals surface area contributed by atoms with Gasteiger partial charge in [-0.05, 0) is 27.3 Å². The quantitative estimate of drug-likeness (QED) is 0.516. The molecular weight excluding hydrogens is 170 g/mol. The van der Waals surface area contributed by atoms with Crippen LogP contribution in [0.4, 0.5) is 0 Å². The molecular formula is C10H18ClN. The summed E-state index contributed by atoms with van der Waals surface area (Å²) in [5.41, 5.74) is 1.32. The molecule has 12 heavy (non-hydrogen) atoms. The maximum atomic E-state index is 5.87. The molecule has 2 heteroatoms. The molecule has 1 nitrogen and oxygen atoms in total. The molecule has 0 fully saturated rings. The van der Waals surface area contributed by atoms with Crippen molar-refractivity contribution in [3.8, 4) is 0 Å². The van der Waals surface area contributed by atoms with Crippen LogP contribution < -0.4 is 5.32 Å². The number of likely N-dealkylation sites (N-methyl/N-ethyl adjacent to an activating group) is 1. The van der Waals surface area contributed by atoms with Gasteiger partial charge in [0.2, 0.25) is 0 Å². The lowest BCUT2D eigenvalue weighted by Crippen LogP contribution is -2.22. The fourth-order valence-corrected chi connectivity index (χ4v) is 0.888. The Hall–Kier alpha value is -0.270. The third kappa shape index (κ3) is 4.58. The van der Waals surface area contributed by atoms with Crippen molar-refractivity contribution in [1.82, 2.24) is 5.32 Å². The van der Waals surface area contributed by atoms with E-state index in [1.807, 2.05) is 7.05 Å². The Balaban J connectivity index is 3.91. The molecule has 0 rings (SSSR count). The van der Waals surface area contributed by atoms with Crippen LogP contribution in [0.3, 0.4) is 0 Å². The fourth-order valence-electron chi connectivity index (χ4n) is 0.799. The maximum Gasteiger partial charge on any atom is 0.0547 e. The Kier molecular flexibility index (Phi) is 6.13. The summed E-state index contributed by atoms with van der Waals surface area (Å²) in [6.45, 7) is 7.86. The molecule has 1 unspecified atom stereocenters. The minimum Gasteiger partial charge on any atom is -0.314 e. The molecule has 0 spiro atoms. The summed E-state index contributed by atoms with van der Waals surface area (Å²) in [5.74, 6) is 0. The summed E-state index contributed by atoms with van der Waals surface area (Å²) in [6.07, 6.45) is 4.78. The average Bonchev–Trinajstić information content (AvgIpc) is 2.11. The van der Waals surface area contributed by atoms with Crippen LogP contribution in [0.25, 0.3) is 0 Å². The van der Waals surface area contributed by atoms with E-state index >= 15 is 0 Å². The van der Waals surface area contributed by atoms with E-state index in [1.165, 1.54) is 5.57 Å². The molecule has 1 N–H and O–H groups in total. The molecule has 0 heterocycles. The summed E-state index contributed by atoms with van der Waals surface area (Å²) in [4.78, 5) is 0. The van der Waals surface area contributed by atoms with Crippen molar-refractivity contribution >= 4 is 11.6 Å². The van der Waals surface area contributed by atoms with Crippen LogP contribution in [0.2, 0.25) is 0 Å². The van der Waals surface area contributed by atoms with E-state index in [9.17, 15) is 0 Å². The van der Waals surface area contributed by atoms with Gasteiger partial charge in [0, 0.05) is 6.04 Å². The fraction of sp³-hybridized carbons (Fsp3) is 0.600. The van der Waals surface area contributed by atoms with Crippen LogP contribution in [0.1, 0.15) is 20.3 Å². The molecule has 0 saturated carbocycles. The van der Waals surface area contributed by atoms with Gasteiger partial charge in [0.1, 0.15) is 0 Å². The Labute approximate surface area is 80.5 Å². The zero-order valence-electron chi connectivity index (χ0n) is 8.10. The van der Waals surface area contributed by atoms with Crippen molar-refractivity contribution in [2.75, 3.05) is 7.05 Å². The van der Waals surface area contributed by atoms with Crippen molar-refractivity contribution in [3.63, 3.8) is 0 Å². The molecule has 2 atom stereocenters. The predicted molar refractivity (Wildman–Crippen MR) is 56.7 cm³/mol. The van der Waals surface area contributed by atoms with Crippen molar-refractivity contribution < 1.29 is 0 Å². The monoisotopic (exact) mass is 187 g/mol. The number of hydrogen-bond acceptors (Lipinski definition) is 1.